The van der Waals surface area contributed by atoms with Crippen LogP contribution < -0.4 is 11.1 Å². The Morgan fingerprint density at radius 1 is 1.31 bits per heavy atom. The fraction of sp³-hybridized carbons (Fsp3) is 0.400. The van der Waals surface area contributed by atoms with Gasteiger partial charge in [-0.3, -0.25) is 0 Å². The summed E-state index contributed by atoms with van der Waals surface area (Å²) < 4.78 is 1.12. The summed E-state index contributed by atoms with van der Waals surface area (Å²) in [6.45, 7) is 0.931. The van der Waals surface area contributed by atoms with Crippen molar-refractivity contribution in [2.75, 3.05) is 6.54 Å². The van der Waals surface area contributed by atoms with Crippen molar-refractivity contribution in [1.82, 2.24) is 5.32 Å². The van der Waals surface area contributed by atoms with E-state index in [1.165, 1.54) is 5.56 Å². The van der Waals surface area contributed by atoms with E-state index < -0.39 is 0 Å². The molecule has 1 fully saturated rings. The number of rotatable bonds is 1. The van der Waals surface area contributed by atoms with E-state index in [4.69, 9.17) is 5.73 Å². The van der Waals surface area contributed by atoms with Gasteiger partial charge in [-0.05, 0) is 24.1 Å². The normalized spacial score (nSPS) is 27.8. The van der Waals surface area contributed by atoms with Crippen LogP contribution in [0.3, 0.4) is 0 Å². The Kier molecular flexibility index (Phi) is 2.67. The first kappa shape index (κ1) is 9.19. The van der Waals surface area contributed by atoms with Crippen LogP contribution in [-0.2, 0) is 0 Å². The van der Waals surface area contributed by atoms with Crippen molar-refractivity contribution >= 4 is 15.9 Å². The molecule has 3 heteroatoms. The molecule has 0 bridgehead atoms. The van der Waals surface area contributed by atoms with Crippen molar-refractivity contribution < 1.29 is 0 Å². The molecule has 1 aliphatic heterocycles. The predicted molar refractivity (Wildman–Crippen MR) is 57.5 cm³/mol. The molecule has 1 aliphatic rings. The second kappa shape index (κ2) is 3.78. The van der Waals surface area contributed by atoms with Gasteiger partial charge in [0.05, 0.1) is 0 Å². The molecular formula is C10H13BrN2. The van der Waals surface area contributed by atoms with Gasteiger partial charge in [0.1, 0.15) is 0 Å². The maximum absolute atomic E-state index is 5.82. The number of nitrogens with two attached hydrogens (primary N) is 1. The van der Waals surface area contributed by atoms with Crippen molar-refractivity contribution in [2.24, 2.45) is 5.73 Å². The minimum absolute atomic E-state index is 0.314. The Balaban J connectivity index is 2.13. The molecule has 1 saturated heterocycles. The zero-order valence-electron chi connectivity index (χ0n) is 7.33. The molecule has 2 rings (SSSR count). The molecule has 1 aromatic carbocycles. The van der Waals surface area contributed by atoms with E-state index in [1.807, 2.05) is 0 Å². The van der Waals surface area contributed by atoms with Crippen molar-refractivity contribution in [3.8, 4) is 0 Å². The summed E-state index contributed by atoms with van der Waals surface area (Å²) in [5.41, 5.74) is 7.15. The molecule has 0 saturated carbocycles. The lowest BCUT2D eigenvalue weighted by molar-refractivity contribution is 0.640. The molecule has 2 nitrogen and oxygen atoms in total. The number of nitrogens with one attached hydrogen (secondary N) is 1. The highest BCUT2D eigenvalue weighted by Crippen LogP contribution is 2.23. The van der Waals surface area contributed by atoms with E-state index in [-0.39, 0.29) is 0 Å². The molecule has 3 N–H and O–H groups in total. The Labute approximate surface area is 86.6 Å². The summed E-state index contributed by atoms with van der Waals surface area (Å²) in [6, 6.07) is 9.18. The fourth-order valence-corrected chi connectivity index (χ4v) is 1.98. The van der Waals surface area contributed by atoms with E-state index in [0.717, 1.165) is 17.4 Å². The molecule has 0 amide bonds. The van der Waals surface area contributed by atoms with E-state index in [1.54, 1.807) is 0 Å². The van der Waals surface area contributed by atoms with Gasteiger partial charge in [0.25, 0.3) is 0 Å². The Morgan fingerprint density at radius 3 is 2.54 bits per heavy atom. The average molecular weight is 241 g/mol. The summed E-state index contributed by atoms with van der Waals surface area (Å²) in [7, 11) is 0. The van der Waals surface area contributed by atoms with Crippen molar-refractivity contribution in [3.05, 3.63) is 34.3 Å². The van der Waals surface area contributed by atoms with Gasteiger partial charge >= 0.3 is 0 Å². The first-order valence-electron chi connectivity index (χ1n) is 4.50. The van der Waals surface area contributed by atoms with E-state index in [0.29, 0.717) is 12.1 Å². The van der Waals surface area contributed by atoms with E-state index >= 15 is 0 Å². The molecule has 13 heavy (non-hydrogen) atoms. The van der Waals surface area contributed by atoms with Gasteiger partial charge < -0.3 is 11.1 Å². The van der Waals surface area contributed by atoms with Crippen LogP contribution in [0.25, 0.3) is 0 Å². The van der Waals surface area contributed by atoms with Crippen molar-refractivity contribution in [3.63, 3.8) is 0 Å². The maximum Gasteiger partial charge on any atom is 0.0336 e. The molecule has 0 aliphatic carbocycles. The summed E-state index contributed by atoms with van der Waals surface area (Å²) in [4.78, 5) is 0. The van der Waals surface area contributed by atoms with Crippen molar-refractivity contribution in [2.45, 2.75) is 18.5 Å². The predicted octanol–water partition coefficient (Wildman–Crippen LogP) is 1.81. The molecule has 1 aromatic rings. The summed E-state index contributed by atoms with van der Waals surface area (Å²) in [6.07, 6.45) is 1.04. The summed E-state index contributed by atoms with van der Waals surface area (Å²) in [5.74, 6) is 0. The number of hydrogen-bond donors (Lipinski definition) is 2. The largest absolute Gasteiger partial charge is 0.326 e. The lowest BCUT2D eigenvalue weighted by Crippen LogP contribution is -2.22. The quantitative estimate of drug-likeness (QED) is 0.786. The molecule has 0 spiro atoms. The van der Waals surface area contributed by atoms with Gasteiger partial charge in [-0.15, -0.1) is 0 Å². The third-order valence-corrected chi connectivity index (χ3v) is 2.97. The molecule has 2 unspecified atom stereocenters. The smallest absolute Gasteiger partial charge is 0.0336 e. The minimum Gasteiger partial charge on any atom is -0.326 e. The second-order valence-electron chi connectivity index (χ2n) is 3.51. The topological polar surface area (TPSA) is 38.0 Å². The van der Waals surface area contributed by atoms with Gasteiger partial charge in [-0.1, -0.05) is 28.1 Å². The highest BCUT2D eigenvalue weighted by Gasteiger charge is 2.21. The van der Waals surface area contributed by atoms with Gasteiger partial charge in [0.2, 0.25) is 0 Å². The summed E-state index contributed by atoms with van der Waals surface area (Å²) in [5, 5.41) is 3.40. The van der Waals surface area contributed by atoms with Crippen LogP contribution in [0, 0.1) is 0 Å². The van der Waals surface area contributed by atoms with Gasteiger partial charge in [0.15, 0.2) is 0 Å². The van der Waals surface area contributed by atoms with Crippen LogP contribution in [0.5, 0.6) is 0 Å². The Bertz CT molecular complexity index is 283. The van der Waals surface area contributed by atoms with Crippen LogP contribution in [0.15, 0.2) is 28.7 Å². The maximum atomic E-state index is 5.82. The van der Waals surface area contributed by atoms with Crippen LogP contribution >= 0.6 is 15.9 Å². The Hall–Kier alpha value is -0.380. The highest BCUT2D eigenvalue weighted by molar-refractivity contribution is 9.10. The molecule has 0 aromatic heterocycles. The third kappa shape index (κ3) is 2.10. The van der Waals surface area contributed by atoms with Gasteiger partial charge in [0, 0.05) is 23.1 Å². The van der Waals surface area contributed by atoms with Gasteiger partial charge in [-0.25, -0.2) is 0 Å². The van der Waals surface area contributed by atoms with Crippen molar-refractivity contribution in [1.29, 1.82) is 0 Å². The molecule has 1 heterocycles. The van der Waals surface area contributed by atoms with Crippen LogP contribution in [0.2, 0.25) is 0 Å². The number of halogens is 1. The fourth-order valence-electron chi connectivity index (χ4n) is 1.71. The molecular weight excluding hydrogens is 228 g/mol. The lowest BCUT2D eigenvalue weighted by atomic mass is 10.0. The monoisotopic (exact) mass is 240 g/mol. The standard InChI is InChI=1S/C10H13BrN2/c11-8-3-1-7(2-4-8)10-5-9(12)6-13-10/h1-4,9-10,13H,5-6,12H2. The lowest BCUT2D eigenvalue weighted by Gasteiger charge is -2.09. The zero-order valence-corrected chi connectivity index (χ0v) is 8.92. The molecule has 70 valence electrons. The molecule has 0 radical (unpaired) electrons. The number of benzene rings is 1. The van der Waals surface area contributed by atoms with Crippen LogP contribution in [0.1, 0.15) is 18.0 Å². The van der Waals surface area contributed by atoms with E-state index in [9.17, 15) is 0 Å². The van der Waals surface area contributed by atoms with E-state index in [2.05, 4.69) is 45.5 Å². The van der Waals surface area contributed by atoms with Gasteiger partial charge in [-0.2, -0.15) is 0 Å². The number of hydrogen-bond acceptors (Lipinski definition) is 2. The first-order chi connectivity index (χ1) is 6.25. The van der Waals surface area contributed by atoms with Crippen LogP contribution in [-0.4, -0.2) is 12.6 Å². The zero-order chi connectivity index (χ0) is 9.26. The van der Waals surface area contributed by atoms with Crippen LogP contribution in [0.4, 0.5) is 0 Å². The third-order valence-electron chi connectivity index (χ3n) is 2.44. The minimum atomic E-state index is 0.314. The summed E-state index contributed by atoms with van der Waals surface area (Å²) >= 11 is 3.42. The Morgan fingerprint density at radius 2 is 2.00 bits per heavy atom. The highest BCUT2D eigenvalue weighted by atomic mass is 79.9. The molecule has 2 atom stereocenters. The average Bonchev–Trinajstić information content (AvgIpc) is 2.53. The SMILES string of the molecule is NC1CNC(c2ccc(Br)cc2)C1. The first-order valence-corrected chi connectivity index (χ1v) is 5.29. The second-order valence-corrected chi connectivity index (χ2v) is 4.42.